The summed E-state index contributed by atoms with van der Waals surface area (Å²) >= 11 is 1.39. The second-order valence-electron chi connectivity index (χ2n) is 12.0. The van der Waals surface area contributed by atoms with Gasteiger partial charge in [-0.3, -0.25) is 4.79 Å². The predicted octanol–water partition coefficient (Wildman–Crippen LogP) is 7.21. The van der Waals surface area contributed by atoms with Crippen molar-refractivity contribution in [3.05, 3.63) is 54.3 Å². The number of hydrogen-bond acceptors (Lipinski definition) is 7. The van der Waals surface area contributed by atoms with Gasteiger partial charge in [0.1, 0.15) is 5.75 Å². The van der Waals surface area contributed by atoms with E-state index in [2.05, 4.69) is 24.1 Å². The zero-order valence-corrected chi connectivity index (χ0v) is 27.2. The fourth-order valence-corrected chi connectivity index (χ4v) is 7.98. The minimum atomic E-state index is -3.75. The summed E-state index contributed by atoms with van der Waals surface area (Å²) in [6, 6.07) is 10.6. The number of carbonyl (C=O) groups is 2. The molecular formula is C32H44N2O6S2. The van der Waals surface area contributed by atoms with Gasteiger partial charge < -0.3 is 20.1 Å². The summed E-state index contributed by atoms with van der Waals surface area (Å²) in [4.78, 5) is 26.7. The second-order valence-corrected chi connectivity index (χ2v) is 14.8. The number of unbranched alkanes of at least 4 members (excludes halogenated alkanes) is 2. The SMILES string of the molecule is CCCCC1(CCCC)CN(c2ccc(C(=O)NC(C)(C)C)cc2)c2cc(SC)c(O/C=C/C(=O)O)cc2S(=O)(=O)C1. The highest BCUT2D eigenvalue weighted by Crippen LogP contribution is 2.47. The minimum Gasteiger partial charge on any atom is -0.478 e. The molecule has 0 fully saturated rings. The number of anilines is 2. The Kier molecular flexibility index (Phi) is 11.2. The van der Waals surface area contributed by atoms with E-state index in [-0.39, 0.29) is 27.8 Å². The Morgan fingerprint density at radius 2 is 1.71 bits per heavy atom. The Morgan fingerprint density at radius 3 is 2.24 bits per heavy atom. The highest BCUT2D eigenvalue weighted by molar-refractivity contribution is 7.98. The zero-order chi connectivity index (χ0) is 31.1. The number of nitrogens with one attached hydrogen (secondary N) is 1. The molecule has 1 heterocycles. The lowest BCUT2D eigenvalue weighted by Crippen LogP contribution is -2.40. The standard InChI is InChI=1S/C32H44N2O6S2/c1-7-9-16-32(17-10-8-2)21-34(24-13-11-23(12-14-24)30(37)33-31(3,4)5)25-19-27(41-6)26(40-18-15-29(35)36)20-28(25)42(38,39)22-32/h11-15,18-20H,7-10,16-17,21-22H2,1-6H3,(H,33,37)(H,35,36)/b18-15+. The third-order valence-electron chi connectivity index (χ3n) is 7.32. The lowest BCUT2D eigenvalue weighted by atomic mass is 9.79. The lowest BCUT2D eigenvalue weighted by Gasteiger charge is -2.37. The molecule has 0 aromatic heterocycles. The number of benzene rings is 2. The number of carboxylic acid groups (broad SMARTS) is 1. The number of amides is 1. The van der Waals surface area contributed by atoms with Gasteiger partial charge in [0.25, 0.3) is 5.91 Å². The van der Waals surface area contributed by atoms with Crippen LogP contribution in [-0.4, -0.2) is 49.5 Å². The molecule has 0 unspecified atom stereocenters. The van der Waals surface area contributed by atoms with E-state index in [9.17, 15) is 18.0 Å². The number of rotatable bonds is 12. The number of fused-ring (bicyclic) bond motifs is 1. The van der Waals surface area contributed by atoms with Crippen molar-refractivity contribution in [3.8, 4) is 5.75 Å². The van der Waals surface area contributed by atoms with Crippen LogP contribution in [-0.2, 0) is 14.6 Å². The maximum atomic E-state index is 14.2. The van der Waals surface area contributed by atoms with E-state index >= 15 is 0 Å². The molecule has 0 radical (unpaired) electrons. The number of aliphatic carboxylic acids is 1. The number of carboxylic acids is 1. The monoisotopic (exact) mass is 616 g/mol. The van der Waals surface area contributed by atoms with Crippen LogP contribution in [0.1, 0.15) is 83.5 Å². The number of nitrogens with zero attached hydrogens (tertiary/aromatic N) is 1. The van der Waals surface area contributed by atoms with Gasteiger partial charge in [-0.2, -0.15) is 0 Å². The van der Waals surface area contributed by atoms with Crippen LogP contribution in [0.3, 0.4) is 0 Å². The molecule has 0 saturated heterocycles. The smallest absolute Gasteiger partial charge is 0.331 e. The van der Waals surface area contributed by atoms with Gasteiger partial charge >= 0.3 is 5.97 Å². The van der Waals surface area contributed by atoms with Gasteiger partial charge in [0.2, 0.25) is 0 Å². The summed E-state index contributed by atoms with van der Waals surface area (Å²) in [5.74, 6) is -1.04. The van der Waals surface area contributed by atoms with Crippen molar-refractivity contribution in [1.82, 2.24) is 5.32 Å². The van der Waals surface area contributed by atoms with Crippen molar-refractivity contribution in [1.29, 1.82) is 0 Å². The van der Waals surface area contributed by atoms with Gasteiger partial charge in [0, 0.05) is 34.8 Å². The first-order valence-electron chi connectivity index (χ1n) is 14.5. The van der Waals surface area contributed by atoms with E-state index in [1.807, 2.05) is 45.2 Å². The molecule has 10 heteroatoms. The van der Waals surface area contributed by atoms with Gasteiger partial charge in [0.05, 0.1) is 33.6 Å². The van der Waals surface area contributed by atoms with Crippen LogP contribution >= 0.6 is 11.8 Å². The van der Waals surface area contributed by atoms with E-state index in [0.29, 0.717) is 22.7 Å². The average Bonchev–Trinajstić information content (AvgIpc) is 3.01. The normalized spacial score (nSPS) is 16.1. The third-order valence-corrected chi connectivity index (χ3v) is 10.1. The van der Waals surface area contributed by atoms with Crippen molar-refractivity contribution in [2.24, 2.45) is 5.41 Å². The fraction of sp³-hybridized carbons (Fsp3) is 0.500. The van der Waals surface area contributed by atoms with E-state index in [1.165, 1.54) is 17.8 Å². The molecule has 0 aliphatic carbocycles. The van der Waals surface area contributed by atoms with Crippen molar-refractivity contribution in [3.63, 3.8) is 0 Å². The van der Waals surface area contributed by atoms with Crippen LogP contribution in [0.25, 0.3) is 0 Å². The topological polar surface area (TPSA) is 113 Å². The Hall–Kier alpha value is -2.98. The first-order valence-corrected chi connectivity index (χ1v) is 17.3. The molecule has 0 bridgehead atoms. The lowest BCUT2D eigenvalue weighted by molar-refractivity contribution is -0.131. The maximum absolute atomic E-state index is 14.2. The Labute approximate surface area is 254 Å². The third kappa shape index (κ3) is 8.53. The molecule has 3 rings (SSSR count). The van der Waals surface area contributed by atoms with Crippen molar-refractivity contribution in [2.75, 3.05) is 23.5 Å². The van der Waals surface area contributed by atoms with Crippen LogP contribution in [0.15, 0.2) is 58.5 Å². The number of sulfone groups is 1. The molecule has 1 aliphatic rings. The van der Waals surface area contributed by atoms with Crippen molar-refractivity contribution in [2.45, 2.75) is 88.5 Å². The Bertz CT molecular complexity index is 1390. The number of hydrogen-bond donors (Lipinski definition) is 2. The summed E-state index contributed by atoms with van der Waals surface area (Å²) < 4.78 is 34.0. The summed E-state index contributed by atoms with van der Waals surface area (Å²) in [6.07, 6.45) is 9.10. The van der Waals surface area contributed by atoms with E-state index in [1.54, 1.807) is 12.1 Å². The molecule has 2 N–H and O–H groups in total. The summed E-state index contributed by atoms with van der Waals surface area (Å²) in [6.45, 7) is 10.5. The van der Waals surface area contributed by atoms with Gasteiger partial charge in [-0.1, -0.05) is 39.5 Å². The molecule has 1 aliphatic heterocycles. The molecule has 42 heavy (non-hydrogen) atoms. The molecular weight excluding hydrogens is 572 g/mol. The molecule has 2 aromatic rings. The van der Waals surface area contributed by atoms with E-state index < -0.39 is 21.2 Å². The number of carbonyl (C=O) groups excluding carboxylic acids is 1. The first-order chi connectivity index (χ1) is 19.7. The molecule has 230 valence electrons. The van der Waals surface area contributed by atoms with Crippen LogP contribution in [0.4, 0.5) is 11.4 Å². The van der Waals surface area contributed by atoms with Gasteiger partial charge in [-0.15, -0.1) is 11.8 Å². The molecule has 2 aromatic carbocycles. The molecule has 0 saturated carbocycles. The quantitative estimate of drug-likeness (QED) is 0.146. The van der Waals surface area contributed by atoms with Crippen LogP contribution in [0.2, 0.25) is 0 Å². The number of ether oxygens (including phenoxy) is 1. The summed E-state index contributed by atoms with van der Waals surface area (Å²) in [5.41, 5.74) is 1.02. The van der Waals surface area contributed by atoms with Gasteiger partial charge in [-0.25, -0.2) is 13.2 Å². The highest BCUT2D eigenvalue weighted by Gasteiger charge is 2.42. The summed E-state index contributed by atoms with van der Waals surface area (Å²) in [5, 5.41) is 12.0. The van der Waals surface area contributed by atoms with E-state index in [4.69, 9.17) is 9.84 Å². The van der Waals surface area contributed by atoms with Crippen molar-refractivity contribution >= 4 is 44.9 Å². The number of thioether (sulfide) groups is 1. The predicted molar refractivity (Wildman–Crippen MR) is 170 cm³/mol. The Morgan fingerprint density at radius 1 is 1.10 bits per heavy atom. The minimum absolute atomic E-state index is 0.0125. The highest BCUT2D eigenvalue weighted by atomic mass is 32.2. The largest absolute Gasteiger partial charge is 0.478 e. The van der Waals surface area contributed by atoms with E-state index in [0.717, 1.165) is 56.6 Å². The zero-order valence-electron chi connectivity index (χ0n) is 25.5. The van der Waals surface area contributed by atoms with Crippen LogP contribution in [0, 0.1) is 5.41 Å². The maximum Gasteiger partial charge on any atom is 0.331 e. The Balaban J connectivity index is 2.21. The molecule has 8 nitrogen and oxygen atoms in total. The average molecular weight is 617 g/mol. The van der Waals surface area contributed by atoms with Crippen LogP contribution in [0.5, 0.6) is 5.75 Å². The molecule has 0 spiro atoms. The fourth-order valence-electron chi connectivity index (χ4n) is 5.32. The second kappa shape index (κ2) is 14.0. The van der Waals surface area contributed by atoms with Gasteiger partial charge in [0.15, 0.2) is 9.84 Å². The molecule has 0 atom stereocenters. The van der Waals surface area contributed by atoms with Crippen molar-refractivity contribution < 1.29 is 27.9 Å². The van der Waals surface area contributed by atoms with Gasteiger partial charge in [-0.05, 0) is 70.2 Å². The van der Waals surface area contributed by atoms with Crippen LogP contribution < -0.4 is 15.0 Å². The summed E-state index contributed by atoms with van der Waals surface area (Å²) in [7, 11) is -3.75. The molecule has 1 amide bonds. The first kappa shape index (κ1) is 33.5.